The summed E-state index contributed by atoms with van der Waals surface area (Å²) in [5.41, 5.74) is 1.46. The lowest BCUT2D eigenvalue weighted by Gasteiger charge is -2.18. The van der Waals surface area contributed by atoms with Crippen LogP contribution < -0.4 is 5.32 Å². The lowest BCUT2D eigenvalue weighted by molar-refractivity contribution is 0.486. The van der Waals surface area contributed by atoms with Gasteiger partial charge < -0.3 is 5.32 Å². The number of benzene rings is 2. The summed E-state index contributed by atoms with van der Waals surface area (Å²) < 4.78 is 27.9. The van der Waals surface area contributed by atoms with Gasteiger partial charge in [0.1, 0.15) is 11.6 Å². The molecule has 0 aromatic heterocycles. The molecule has 0 bridgehead atoms. The summed E-state index contributed by atoms with van der Waals surface area (Å²) in [5, 5.41) is 3.27. The Morgan fingerprint density at radius 2 is 1.90 bits per heavy atom. The van der Waals surface area contributed by atoms with Gasteiger partial charge in [-0.05, 0) is 36.2 Å². The van der Waals surface area contributed by atoms with Crippen LogP contribution in [-0.2, 0) is 6.54 Å². The fourth-order valence-electron chi connectivity index (χ4n) is 2.14. The molecule has 20 heavy (non-hydrogen) atoms. The quantitative estimate of drug-likeness (QED) is 0.810. The molecular formula is C16H16BrF2N. The minimum Gasteiger partial charge on any atom is -0.306 e. The van der Waals surface area contributed by atoms with Crippen molar-refractivity contribution in [2.75, 3.05) is 0 Å². The number of hydrogen-bond donors (Lipinski definition) is 1. The first-order valence-electron chi connectivity index (χ1n) is 6.53. The third-order valence-electron chi connectivity index (χ3n) is 3.24. The highest BCUT2D eigenvalue weighted by Crippen LogP contribution is 2.22. The van der Waals surface area contributed by atoms with E-state index in [-0.39, 0.29) is 17.7 Å². The molecule has 0 aliphatic heterocycles. The summed E-state index contributed by atoms with van der Waals surface area (Å²) >= 11 is 3.39. The van der Waals surface area contributed by atoms with E-state index in [4.69, 9.17) is 0 Å². The minimum atomic E-state index is -0.274. The lowest BCUT2D eigenvalue weighted by Crippen LogP contribution is -2.21. The predicted octanol–water partition coefficient (Wildman–Crippen LogP) is 4.97. The van der Waals surface area contributed by atoms with E-state index < -0.39 is 0 Å². The van der Waals surface area contributed by atoms with Crippen LogP contribution in [0.5, 0.6) is 0 Å². The third kappa shape index (κ3) is 3.64. The lowest BCUT2D eigenvalue weighted by atomic mass is 10.0. The van der Waals surface area contributed by atoms with Gasteiger partial charge in [-0.1, -0.05) is 41.1 Å². The third-order valence-corrected chi connectivity index (χ3v) is 4.01. The summed E-state index contributed by atoms with van der Waals surface area (Å²) in [7, 11) is 0. The van der Waals surface area contributed by atoms with Gasteiger partial charge >= 0.3 is 0 Å². The molecule has 0 saturated carbocycles. The topological polar surface area (TPSA) is 12.0 Å². The Bertz CT molecular complexity index is 586. The number of rotatable bonds is 5. The highest BCUT2D eigenvalue weighted by Gasteiger charge is 2.13. The Morgan fingerprint density at radius 1 is 1.15 bits per heavy atom. The molecule has 2 aromatic carbocycles. The van der Waals surface area contributed by atoms with Gasteiger partial charge in [-0.3, -0.25) is 0 Å². The van der Waals surface area contributed by atoms with Gasteiger partial charge in [-0.15, -0.1) is 0 Å². The van der Waals surface area contributed by atoms with Crippen molar-refractivity contribution in [3.63, 3.8) is 0 Å². The molecule has 0 heterocycles. The van der Waals surface area contributed by atoms with Crippen molar-refractivity contribution in [2.24, 2.45) is 0 Å². The molecule has 106 valence electrons. The summed E-state index contributed by atoms with van der Waals surface area (Å²) in [4.78, 5) is 0. The molecule has 0 radical (unpaired) electrons. The van der Waals surface area contributed by atoms with Crippen molar-refractivity contribution in [1.82, 2.24) is 5.32 Å². The van der Waals surface area contributed by atoms with E-state index in [2.05, 4.69) is 21.2 Å². The Balaban J connectivity index is 2.12. The standard InChI is InChI=1S/C16H16BrF2N/c1-2-16(13-5-3-4-6-15(13)19)20-10-11-9-12(18)7-8-14(11)17/h3-9,16,20H,2,10H2,1H3. The van der Waals surface area contributed by atoms with Gasteiger partial charge in [0.05, 0.1) is 0 Å². The predicted molar refractivity (Wildman–Crippen MR) is 80.4 cm³/mol. The van der Waals surface area contributed by atoms with Gasteiger partial charge in [0.25, 0.3) is 0 Å². The molecule has 0 amide bonds. The molecule has 1 nitrogen and oxygen atoms in total. The highest BCUT2D eigenvalue weighted by molar-refractivity contribution is 9.10. The van der Waals surface area contributed by atoms with Crippen LogP contribution in [0.3, 0.4) is 0 Å². The van der Waals surface area contributed by atoms with Crippen LogP contribution in [0.2, 0.25) is 0 Å². The Kier molecular flexibility index (Phi) is 5.26. The molecule has 1 N–H and O–H groups in total. The minimum absolute atomic E-state index is 0.0913. The van der Waals surface area contributed by atoms with Crippen LogP contribution in [0.25, 0.3) is 0 Å². The molecule has 0 aliphatic rings. The molecule has 2 rings (SSSR count). The zero-order chi connectivity index (χ0) is 14.5. The van der Waals surface area contributed by atoms with Crippen LogP contribution in [0.1, 0.15) is 30.5 Å². The maximum Gasteiger partial charge on any atom is 0.127 e. The molecule has 0 saturated heterocycles. The van der Waals surface area contributed by atoms with E-state index in [1.807, 2.05) is 13.0 Å². The van der Waals surface area contributed by atoms with Crippen LogP contribution in [0, 0.1) is 11.6 Å². The van der Waals surface area contributed by atoms with Gasteiger partial charge in [-0.2, -0.15) is 0 Å². The normalized spacial score (nSPS) is 12.4. The Morgan fingerprint density at radius 3 is 2.60 bits per heavy atom. The first kappa shape index (κ1) is 15.1. The smallest absolute Gasteiger partial charge is 0.127 e. The second-order valence-corrected chi connectivity index (χ2v) is 5.45. The molecular weight excluding hydrogens is 324 g/mol. The molecule has 0 aliphatic carbocycles. The van der Waals surface area contributed by atoms with Gasteiger partial charge in [-0.25, -0.2) is 8.78 Å². The van der Waals surface area contributed by atoms with E-state index in [9.17, 15) is 8.78 Å². The molecule has 4 heteroatoms. The number of nitrogens with one attached hydrogen (secondary N) is 1. The van der Waals surface area contributed by atoms with Crippen LogP contribution in [0.15, 0.2) is 46.9 Å². The largest absolute Gasteiger partial charge is 0.306 e. The highest BCUT2D eigenvalue weighted by atomic mass is 79.9. The van der Waals surface area contributed by atoms with E-state index in [0.29, 0.717) is 12.1 Å². The summed E-state index contributed by atoms with van der Waals surface area (Å²) in [6, 6.07) is 11.2. The van der Waals surface area contributed by atoms with Crippen molar-refractivity contribution >= 4 is 15.9 Å². The zero-order valence-corrected chi connectivity index (χ0v) is 12.8. The number of hydrogen-bond acceptors (Lipinski definition) is 1. The fraction of sp³-hybridized carbons (Fsp3) is 0.250. The number of halogens is 3. The van der Waals surface area contributed by atoms with Crippen molar-refractivity contribution in [3.05, 3.63) is 69.7 Å². The molecule has 1 atom stereocenters. The van der Waals surface area contributed by atoms with Crippen molar-refractivity contribution in [2.45, 2.75) is 25.9 Å². The maximum atomic E-state index is 13.8. The summed E-state index contributed by atoms with van der Waals surface area (Å²) in [6.45, 7) is 2.47. The van der Waals surface area contributed by atoms with E-state index in [1.54, 1.807) is 18.2 Å². The van der Waals surface area contributed by atoms with Gasteiger partial charge in [0.2, 0.25) is 0 Å². The van der Waals surface area contributed by atoms with E-state index in [1.165, 1.54) is 18.2 Å². The van der Waals surface area contributed by atoms with E-state index in [0.717, 1.165) is 16.5 Å². The van der Waals surface area contributed by atoms with Gasteiger partial charge in [0.15, 0.2) is 0 Å². The summed E-state index contributed by atoms with van der Waals surface area (Å²) in [6.07, 6.45) is 0.758. The second-order valence-electron chi connectivity index (χ2n) is 4.60. The zero-order valence-electron chi connectivity index (χ0n) is 11.2. The second kappa shape index (κ2) is 6.95. The van der Waals surface area contributed by atoms with Crippen LogP contribution in [-0.4, -0.2) is 0 Å². The average molecular weight is 340 g/mol. The van der Waals surface area contributed by atoms with Crippen molar-refractivity contribution in [1.29, 1.82) is 0 Å². The fourth-order valence-corrected chi connectivity index (χ4v) is 2.53. The molecule has 2 aromatic rings. The average Bonchev–Trinajstić information content (AvgIpc) is 2.45. The SMILES string of the molecule is CCC(NCc1cc(F)ccc1Br)c1ccccc1F. The Labute approximate surface area is 126 Å². The Hall–Kier alpha value is -1.26. The first-order chi connectivity index (χ1) is 9.61. The van der Waals surface area contributed by atoms with Crippen molar-refractivity contribution < 1.29 is 8.78 Å². The molecule has 0 spiro atoms. The monoisotopic (exact) mass is 339 g/mol. The van der Waals surface area contributed by atoms with Crippen LogP contribution in [0.4, 0.5) is 8.78 Å². The van der Waals surface area contributed by atoms with Crippen LogP contribution >= 0.6 is 15.9 Å². The molecule has 0 fully saturated rings. The van der Waals surface area contributed by atoms with E-state index >= 15 is 0 Å². The molecule has 1 unspecified atom stereocenters. The maximum absolute atomic E-state index is 13.8. The summed E-state index contributed by atoms with van der Waals surface area (Å²) in [5.74, 6) is -0.492. The first-order valence-corrected chi connectivity index (χ1v) is 7.33. The van der Waals surface area contributed by atoms with Crippen molar-refractivity contribution in [3.8, 4) is 0 Å². The van der Waals surface area contributed by atoms with Gasteiger partial charge in [0, 0.05) is 22.6 Å².